The van der Waals surface area contributed by atoms with Gasteiger partial charge < -0.3 is 15.4 Å². The van der Waals surface area contributed by atoms with Crippen LogP contribution in [-0.2, 0) is 11.3 Å². The molecule has 6 heteroatoms. The van der Waals surface area contributed by atoms with Gasteiger partial charge in [0.2, 0.25) is 5.91 Å². The van der Waals surface area contributed by atoms with Crippen LogP contribution in [0.4, 0.5) is 0 Å². The third-order valence-electron chi connectivity index (χ3n) is 2.25. The second kappa shape index (κ2) is 7.76. The number of carbonyl (C=O) groups is 1. The van der Waals surface area contributed by atoms with Crippen LogP contribution in [-0.4, -0.2) is 26.1 Å². The quantitative estimate of drug-likeness (QED) is 0.798. The van der Waals surface area contributed by atoms with Crippen LogP contribution in [0.15, 0.2) is 21.1 Å². The fourth-order valence-corrected chi connectivity index (χ4v) is 2.88. The number of hydrogen-bond acceptors (Lipinski definition) is 3. The summed E-state index contributed by atoms with van der Waals surface area (Å²) in [7, 11) is 1.62. The first kappa shape index (κ1) is 15.5. The van der Waals surface area contributed by atoms with Gasteiger partial charge in [-0.2, -0.15) is 0 Å². The van der Waals surface area contributed by atoms with Crippen molar-refractivity contribution in [2.75, 3.05) is 20.2 Å². The lowest BCUT2D eigenvalue weighted by molar-refractivity contribution is -0.119. The van der Waals surface area contributed by atoms with Crippen LogP contribution in [0.25, 0.3) is 0 Å². The second-order valence-electron chi connectivity index (χ2n) is 3.59. The first-order valence-electron chi connectivity index (χ1n) is 5.60. The number of rotatable bonds is 6. The van der Waals surface area contributed by atoms with Crippen LogP contribution in [0, 0.1) is 0 Å². The third-order valence-corrected chi connectivity index (χ3v) is 3.30. The standard InChI is InChI=1S/C12H16Br2N2O2/c1-3-18-12-8(4-9(13)5-10(12)14)6-16-7-11(17)15-2/h4-5,16H,3,6-7H2,1-2H3,(H,15,17). The lowest BCUT2D eigenvalue weighted by Gasteiger charge is -2.13. The first-order chi connectivity index (χ1) is 8.58. The number of halogens is 2. The van der Waals surface area contributed by atoms with Crippen LogP contribution >= 0.6 is 31.9 Å². The van der Waals surface area contributed by atoms with E-state index >= 15 is 0 Å². The molecule has 0 aliphatic carbocycles. The smallest absolute Gasteiger partial charge is 0.233 e. The summed E-state index contributed by atoms with van der Waals surface area (Å²) >= 11 is 6.91. The first-order valence-corrected chi connectivity index (χ1v) is 7.19. The van der Waals surface area contributed by atoms with E-state index in [1.807, 2.05) is 19.1 Å². The molecule has 4 nitrogen and oxygen atoms in total. The van der Waals surface area contributed by atoms with E-state index in [4.69, 9.17) is 4.74 Å². The average molecular weight is 380 g/mol. The minimum atomic E-state index is -0.0398. The summed E-state index contributed by atoms with van der Waals surface area (Å²) in [6.45, 7) is 3.39. The van der Waals surface area contributed by atoms with Crippen molar-refractivity contribution in [1.29, 1.82) is 0 Å². The third kappa shape index (κ3) is 4.59. The molecule has 1 rings (SSSR count). The molecular weight excluding hydrogens is 364 g/mol. The number of hydrogen-bond donors (Lipinski definition) is 2. The largest absolute Gasteiger partial charge is 0.492 e. The fraction of sp³-hybridized carbons (Fsp3) is 0.417. The van der Waals surface area contributed by atoms with Gasteiger partial charge in [0.25, 0.3) is 0 Å². The maximum atomic E-state index is 11.1. The predicted octanol–water partition coefficient (Wildman–Crippen LogP) is 2.45. The van der Waals surface area contributed by atoms with Gasteiger partial charge in [0.15, 0.2) is 0 Å². The molecule has 0 aromatic heterocycles. The number of carbonyl (C=O) groups excluding carboxylic acids is 1. The zero-order valence-corrected chi connectivity index (χ0v) is 13.5. The van der Waals surface area contributed by atoms with E-state index in [1.54, 1.807) is 7.05 Å². The van der Waals surface area contributed by atoms with E-state index in [-0.39, 0.29) is 12.5 Å². The molecule has 1 amide bonds. The van der Waals surface area contributed by atoms with Crippen LogP contribution in [0.3, 0.4) is 0 Å². The van der Waals surface area contributed by atoms with Crippen LogP contribution in [0.1, 0.15) is 12.5 Å². The monoisotopic (exact) mass is 378 g/mol. The van der Waals surface area contributed by atoms with Crippen LogP contribution < -0.4 is 15.4 Å². The zero-order chi connectivity index (χ0) is 13.5. The zero-order valence-electron chi connectivity index (χ0n) is 10.3. The predicted molar refractivity (Wildman–Crippen MR) is 78.8 cm³/mol. The number of amides is 1. The van der Waals surface area contributed by atoms with Crippen molar-refractivity contribution in [3.63, 3.8) is 0 Å². The number of ether oxygens (including phenoxy) is 1. The summed E-state index contributed by atoms with van der Waals surface area (Å²) in [6.07, 6.45) is 0. The Hall–Kier alpha value is -0.590. The van der Waals surface area contributed by atoms with Crippen molar-refractivity contribution in [3.05, 3.63) is 26.6 Å². The molecule has 2 N–H and O–H groups in total. The topological polar surface area (TPSA) is 50.4 Å². The molecule has 1 aromatic rings. The summed E-state index contributed by atoms with van der Waals surface area (Å²) in [5, 5.41) is 5.63. The van der Waals surface area contributed by atoms with Gasteiger partial charge in [-0.15, -0.1) is 0 Å². The van der Waals surface area contributed by atoms with Gasteiger partial charge in [-0.05, 0) is 35.0 Å². The Labute approximate surface area is 124 Å². The Morgan fingerprint density at radius 1 is 1.39 bits per heavy atom. The molecule has 0 radical (unpaired) electrons. The minimum absolute atomic E-state index is 0.0398. The highest BCUT2D eigenvalue weighted by atomic mass is 79.9. The average Bonchev–Trinajstić information content (AvgIpc) is 2.33. The summed E-state index contributed by atoms with van der Waals surface area (Å²) in [6, 6.07) is 3.92. The molecule has 0 unspecified atom stereocenters. The van der Waals surface area contributed by atoms with E-state index in [1.165, 1.54) is 0 Å². The Bertz CT molecular complexity index is 425. The lowest BCUT2D eigenvalue weighted by atomic mass is 10.2. The van der Waals surface area contributed by atoms with Gasteiger partial charge in [-0.1, -0.05) is 15.9 Å². The van der Waals surface area contributed by atoms with Crippen molar-refractivity contribution >= 4 is 37.8 Å². The molecule has 1 aromatic carbocycles. The SMILES string of the molecule is CCOc1c(Br)cc(Br)cc1CNCC(=O)NC. The Kier molecular flexibility index (Phi) is 6.67. The van der Waals surface area contributed by atoms with Gasteiger partial charge in [0, 0.05) is 23.6 Å². The summed E-state index contributed by atoms with van der Waals surface area (Å²) in [4.78, 5) is 11.1. The molecule has 0 aliphatic rings. The number of benzene rings is 1. The number of nitrogens with one attached hydrogen (secondary N) is 2. The maximum Gasteiger partial charge on any atom is 0.233 e. The van der Waals surface area contributed by atoms with E-state index in [9.17, 15) is 4.79 Å². The van der Waals surface area contributed by atoms with Gasteiger partial charge in [0.1, 0.15) is 5.75 Å². The Morgan fingerprint density at radius 3 is 2.72 bits per heavy atom. The summed E-state index contributed by atoms with van der Waals surface area (Å²) in [5.74, 6) is 0.770. The normalized spacial score (nSPS) is 10.2. The summed E-state index contributed by atoms with van der Waals surface area (Å²) < 4.78 is 7.46. The van der Waals surface area contributed by atoms with Crippen molar-refractivity contribution in [2.45, 2.75) is 13.5 Å². The Balaban J connectivity index is 2.76. The Morgan fingerprint density at radius 2 is 2.11 bits per heavy atom. The molecule has 0 atom stereocenters. The van der Waals surface area contributed by atoms with E-state index in [0.717, 1.165) is 20.3 Å². The van der Waals surface area contributed by atoms with Crippen molar-refractivity contribution in [1.82, 2.24) is 10.6 Å². The van der Waals surface area contributed by atoms with Gasteiger partial charge in [0.05, 0.1) is 17.6 Å². The molecule has 0 aliphatic heterocycles. The molecule has 0 saturated heterocycles. The molecule has 0 fully saturated rings. The molecule has 18 heavy (non-hydrogen) atoms. The van der Waals surface area contributed by atoms with E-state index < -0.39 is 0 Å². The van der Waals surface area contributed by atoms with Gasteiger partial charge in [-0.25, -0.2) is 0 Å². The highest BCUT2D eigenvalue weighted by Crippen LogP contribution is 2.32. The molecule has 0 heterocycles. The highest BCUT2D eigenvalue weighted by molar-refractivity contribution is 9.11. The molecule has 0 saturated carbocycles. The van der Waals surface area contributed by atoms with Crippen molar-refractivity contribution < 1.29 is 9.53 Å². The number of likely N-dealkylation sites (N-methyl/N-ethyl adjacent to an activating group) is 1. The maximum absolute atomic E-state index is 11.1. The fourth-order valence-electron chi connectivity index (χ4n) is 1.45. The van der Waals surface area contributed by atoms with Crippen LogP contribution in [0.5, 0.6) is 5.75 Å². The van der Waals surface area contributed by atoms with Crippen molar-refractivity contribution in [3.8, 4) is 5.75 Å². The van der Waals surface area contributed by atoms with Crippen molar-refractivity contribution in [2.24, 2.45) is 0 Å². The van der Waals surface area contributed by atoms with E-state index in [2.05, 4.69) is 42.5 Å². The highest BCUT2D eigenvalue weighted by Gasteiger charge is 2.10. The molecular formula is C12H16Br2N2O2. The van der Waals surface area contributed by atoms with Gasteiger partial charge in [-0.3, -0.25) is 4.79 Å². The summed E-state index contributed by atoms with van der Waals surface area (Å²) in [5.41, 5.74) is 1.00. The van der Waals surface area contributed by atoms with Crippen LogP contribution in [0.2, 0.25) is 0 Å². The second-order valence-corrected chi connectivity index (χ2v) is 5.36. The molecule has 0 spiro atoms. The van der Waals surface area contributed by atoms with Gasteiger partial charge >= 0.3 is 0 Å². The molecule has 100 valence electrons. The lowest BCUT2D eigenvalue weighted by Crippen LogP contribution is -2.31. The molecule has 0 bridgehead atoms. The minimum Gasteiger partial charge on any atom is -0.492 e. The van der Waals surface area contributed by atoms with E-state index in [0.29, 0.717) is 13.2 Å².